The Balaban J connectivity index is 3.70. The monoisotopic (exact) mass is 270 g/mol. The number of nitrogens with one attached hydrogen (secondary N) is 1. The fourth-order valence-corrected chi connectivity index (χ4v) is 2.06. The second-order valence-electron chi connectivity index (χ2n) is 5.30. The van der Waals surface area contributed by atoms with E-state index < -0.39 is 0 Å². The van der Waals surface area contributed by atoms with Gasteiger partial charge in [-0.1, -0.05) is 33.6 Å². The first-order valence-corrected chi connectivity index (χ1v) is 8.24. The first-order chi connectivity index (χ1) is 9.26. The van der Waals surface area contributed by atoms with E-state index in [2.05, 4.69) is 31.0 Å². The van der Waals surface area contributed by atoms with Crippen molar-refractivity contribution in [1.82, 2.24) is 10.2 Å². The van der Waals surface area contributed by atoms with E-state index in [0.29, 0.717) is 12.3 Å². The molecule has 19 heavy (non-hydrogen) atoms. The summed E-state index contributed by atoms with van der Waals surface area (Å²) in [5.74, 6) is 0.342. The summed E-state index contributed by atoms with van der Waals surface area (Å²) in [5.41, 5.74) is 0. The summed E-state index contributed by atoms with van der Waals surface area (Å²) in [6.45, 7) is 10.6. The van der Waals surface area contributed by atoms with Gasteiger partial charge in [0.2, 0.25) is 5.91 Å². The van der Waals surface area contributed by atoms with Crippen LogP contribution in [0, 0.1) is 0 Å². The molecule has 3 heteroatoms. The molecular formula is C16H34N2O. The number of rotatable bonds is 13. The van der Waals surface area contributed by atoms with Crippen molar-refractivity contribution in [3.05, 3.63) is 0 Å². The van der Waals surface area contributed by atoms with Crippen molar-refractivity contribution in [3.63, 3.8) is 0 Å². The van der Waals surface area contributed by atoms with Gasteiger partial charge < -0.3 is 10.2 Å². The molecule has 0 bridgehead atoms. The second-order valence-corrected chi connectivity index (χ2v) is 5.30. The Bertz CT molecular complexity index is 207. The van der Waals surface area contributed by atoms with Gasteiger partial charge in [0.1, 0.15) is 0 Å². The zero-order valence-electron chi connectivity index (χ0n) is 13.3. The Morgan fingerprint density at radius 2 is 1.47 bits per heavy atom. The molecule has 0 heterocycles. The van der Waals surface area contributed by atoms with Gasteiger partial charge in [-0.25, -0.2) is 0 Å². The molecule has 0 rings (SSSR count). The Hall–Kier alpha value is -0.570. The Morgan fingerprint density at radius 3 is 2.11 bits per heavy atom. The molecular weight excluding hydrogens is 236 g/mol. The first kappa shape index (κ1) is 18.4. The van der Waals surface area contributed by atoms with Gasteiger partial charge in [0.05, 0.1) is 0 Å². The minimum Gasteiger partial charge on any atom is -0.343 e. The zero-order valence-corrected chi connectivity index (χ0v) is 13.3. The zero-order chi connectivity index (χ0) is 14.3. The Labute approximate surface area is 120 Å². The quantitative estimate of drug-likeness (QED) is 0.519. The molecule has 0 aliphatic rings. The molecule has 0 radical (unpaired) electrons. The summed E-state index contributed by atoms with van der Waals surface area (Å²) in [4.78, 5) is 14.0. The maximum absolute atomic E-state index is 12.0. The van der Waals surface area contributed by atoms with Gasteiger partial charge in [0.15, 0.2) is 0 Å². The van der Waals surface area contributed by atoms with E-state index in [4.69, 9.17) is 0 Å². The Morgan fingerprint density at radius 1 is 0.842 bits per heavy atom. The van der Waals surface area contributed by atoms with Crippen LogP contribution in [0.25, 0.3) is 0 Å². The van der Waals surface area contributed by atoms with Gasteiger partial charge in [-0.3, -0.25) is 4.79 Å². The van der Waals surface area contributed by atoms with Crippen LogP contribution in [0.2, 0.25) is 0 Å². The lowest BCUT2D eigenvalue weighted by Crippen LogP contribution is -2.33. The van der Waals surface area contributed by atoms with Crippen molar-refractivity contribution in [2.45, 2.75) is 72.1 Å². The first-order valence-electron chi connectivity index (χ1n) is 8.24. The molecule has 0 fully saturated rings. The molecule has 0 aromatic carbocycles. The van der Waals surface area contributed by atoms with Gasteiger partial charge in [0, 0.05) is 19.5 Å². The molecule has 0 atom stereocenters. The minimum absolute atomic E-state index is 0.342. The van der Waals surface area contributed by atoms with Gasteiger partial charge in [-0.15, -0.1) is 0 Å². The fourth-order valence-electron chi connectivity index (χ4n) is 2.06. The van der Waals surface area contributed by atoms with E-state index in [1.165, 1.54) is 19.3 Å². The third kappa shape index (κ3) is 11.0. The summed E-state index contributed by atoms with van der Waals surface area (Å²) in [5, 5.41) is 3.45. The maximum Gasteiger partial charge on any atom is 0.222 e. The van der Waals surface area contributed by atoms with Crippen molar-refractivity contribution in [3.8, 4) is 0 Å². The fraction of sp³-hybridized carbons (Fsp3) is 0.938. The van der Waals surface area contributed by atoms with Crippen molar-refractivity contribution < 1.29 is 4.79 Å². The lowest BCUT2D eigenvalue weighted by atomic mass is 10.2. The maximum atomic E-state index is 12.0. The number of carbonyl (C=O) groups is 1. The lowest BCUT2D eigenvalue weighted by Gasteiger charge is -2.22. The SMILES string of the molecule is CCCCNCCCCN(CCCC)C(=O)CCC. The highest BCUT2D eigenvalue weighted by Gasteiger charge is 2.10. The molecule has 0 aliphatic carbocycles. The van der Waals surface area contributed by atoms with Gasteiger partial charge in [-0.2, -0.15) is 0 Å². The normalized spacial score (nSPS) is 10.7. The number of amides is 1. The van der Waals surface area contributed by atoms with Crippen LogP contribution in [0.5, 0.6) is 0 Å². The van der Waals surface area contributed by atoms with E-state index >= 15 is 0 Å². The summed E-state index contributed by atoms with van der Waals surface area (Å²) in [6, 6.07) is 0. The predicted molar refractivity (Wildman–Crippen MR) is 83.4 cm³/mol. The number of hydrogen-bond donors (Lipinski definition) is 1. The number of carbonyl (C=O) groups excluding carboxylic acids is 1. The average molecular weight is 270 g/mol. The molecule has 0 saturated carbocycles. The van der Waals surface area contributed by atoms with E-state index in [0.717, 1.165) is 51.9 Å². The van der Waals surface area contributed by atoms with Crippen LogP contribution in [-0.4, -0.2) is 37.0 Å². The van der Waals surface area contributed by atoms with Gasteiger partial charge in [0.25, 0.3) is 0 Å². The minimum atomic E-state index is 0.342. The molecule has 0 saturated heterocycles. The highest BCUT2D eigenvalue weighted by Crippen LogP contribution is 2.03. The van der Waals surface area contributed by atoms with Crippen LogP contribution in [0.4, 0.5) is 0 Å². The predicted octanol–water partition coefficient (Wildman–Crippen LogP) is 3.59. The Kier molecular flexibility index (Phi) is 13.4. The van der Waals surface area contributed by atoms with Crippen LogP contribution in [0.1, 0.15) is 72.1 Å². The van der Waals surface area contributed by atoms with Crippen LogP contribution in [-0.2, 0) is 4.79 Å². The van der Waals surface area contributed by atoms with Crippen molar-refractivity contribution >= 4 is 5.91 Å². The van der Waals surface area contributed by atoms with Crippen LogP contribution in [0.15, 0.2) is 0 Å². The molecule has 0 aliphatic heterocycles. The molecule has 114 valence electrons. The number of nitrogens with zero attached hydrogens (tertiary/aromatic N) is 1. The highest BCUT2D eigenvalue weighted by atomic mass is 16.2. The van der Waals surface area contributed by atoms with Crippen molar-refractivity contribution in [1.29, 1.82) is 0 Å². The van der Waals surface area contributed by atoms with Gasteiger partial charge >= 0.3 is 0 Å². The van der Waals surface area contributed by atoms with Crippen LogP contribution < -0.4 is 5.32 Å². The summed E-state index contributed by atoms with van der Waals surface area (Å²) in [6.07, 6.45) is 8.77. The summed E-state index contributed by atoms with van der Waals surface area (Å²) in [7, 11) is 0. The third-order valence-corrected chi connectivity index (χ3v) is 3.34. The van der Waals surface area contributed by atoms with Crippen LogP contribution >= 0.6 is 0 Å². The molecule has 3 nitrogen and oxygen atoms in total. The smallest absolute Gasteiger partial charge is 0.222 e. The highest BCUT2D eigenvalue weighted by molar-refractivity contribution is 5.76. The molecule has 0 unspecified atom stereocenters. The standard InChI is InChI=1S/C16H34N2O/c1-4-7-12-17-13-9-10-15-18(14-8-5-2)16(19)11-6-3/h17H,4-15H2,1-3H3. The van der Waals surface area contributed by atoms with E-state index in [-0.39, 0.29) is 0 Å². The van der Waals surface area contributed by atoms with Gasteiger partial charge in [-0.05, 0) is 45.2 Å². The van der Waals surface area contributed by atoms with Crippen molar-refractivity contribution in [2.24, 2.45) is 0 Å². The van der Waals surface area contributed by atoms with Crippen molar-refractivity contribution in [2.75, 3.05) is 26.2 Å². The topological polar surface area (TPSA) is 32.3 Å². The third-order valence-electron chi connectivity index (χ3n) is 3.34. The lowest BCUT2D eigenvalue weighted by molar-refractivity contribution is -0.131. The number of unbranched alkanes of at least 4 members (excludes halogenated alkanes) is 3. The molecule has 0 aromatic heterocycles. The van der Waals surface area contributed by atoms with E-state index in [9.17, 15) is 4.79 Å². The average Bonchev–Trinajstić information content (AvgIpc) is 2.41. The second kappa shape index (κ2) is 13.9. The molecule has 0 spiro atoms. The molecule has 1 N–H and O–H groups in total. The van der Waals surface area contributed by atoms with E-state index in [1.807, 2.05) is 0 Å². The van der Waals surface area contributed by atoms with Crippen LogP contribution in [0.3, 0.4) is 0 Å². The van der Waals surface area contributed by atoms with E-state index in [1.54, 1.807) is 0 Å². The number of hydrogen-bond acceptors (Lipinski definition) is 2. The largest absolute Gasteiger partial charge is 0.343 e. The summed E-state index contributed by atoms with van der Waals surface area (Å²) < 4.78 is 0. The summed E-state index contributed by atoms with van der Waals surface area (Å²) >= 11 is 0. The molecule has 1 amide bonds. The molecule has 0 aromatic rings.